The van der Waals surface area contributed by atoms with E-state index in [1.807, 2.05) is 6.20 Å². The van der Waals surface area contributed by atoms with Gasteiger partial charge in [-0.2, -0.15) is 0 Å². The number of aromatic nitrogens is 1. The SMILES string of the molecule is CCCC[C](CCCC)(CCCC)[Sn][c]1ccns1. The molecule has 0 bridgehead atoms. The van der Waals surface area contributed by atoms with Crippen LogP contribution in [0.3, 0.4) is 0 Å². The van der Waals surface area contributed by atoms with Gasteiger partial charge in [0.05, 0.1) is 0 Å². The number of rotatable bonds is 11. The zero-order valence-corrected chi connectivity index (χ0v) is 16.5. The van der Waals surface area contributed by atoms with Gasteiger partial charge in [-0.15, -0.1) is 0 Å². The third kappa shape index (κ3) is 6.61. The van der Waals surface area contributed by atoms with E-state index in [2.05, 4.69) is 31.2 Å². The summed E-state index contributed by atoms with van der Waals surface area (Å²) >= 11 is 1.29. The van der Waals surface area contributed by atoms with Crippen LogP contribution in [0.4, 0.5) is 0 Å². The van der Waals surface area contributed by atoms with Crippen molar-refractivity contribution in [3.8, 4) is 0 Å². The van der Waals surface area contributed by atoms with Gasteiger partial charge in [-0.25, -0.2) is 0 Å². The van der Waals surface area contributed by atoms with Gasteiger partial charge >= 0.3 is 134 Å². The molecule has 0 aliphatic carbocycles. The van der Waals surface area contributed by atoms with Crippen molar-refractivity contribution in [2.24, 2.45) is 0 Å². The van der Waals surface area contributed by atoms with Gasteiger partial charge in [-0.1, -0.05) is 0 Å². The minimum absolute atomic E-state index is 0.487. The molecular weight excluding hydrogens is 357 g/mol. The Balaban J connectivity index is 2.74. The summed E-state index contributed by atoms with van der Waals surface area (Å²) < 4.78 is 6.71. The quantitative estimate of drug-likeness (QED) is 0.477. The Morgan fingerprint density at radius 2 is 1.53 bits per heavy atom. The summed E-state index contributed by atoms with van der Waals surface area (Å²) in [4.78, 5) is 0. The zero-order chi connectivity index (χ0) is 14.0. The van der Waals surface area contributed by atoms with Crippen LogP contribution in [0.15, 0.2) is 12.3 Å². The summed E-state index contributed by atoms with van der Waals surface area (Å²) in [6.07, 6.45) is 14.8. The summed E-state index contributed by atoms with van der Waals surface area (Å²) in [5.41, 5.74) is 0. The van der Waals surface area contributed by atoms with Crippen molar-refractivity contribution in [3.63, 3.8) is 0 Å². The Hall–Kier alpha value is 0.429. The van der Waals surface area contributed by atoms with Crippen molar-refractivity contribution in [1.29, 1.82) is 0 Å². The van der Waals surface area contributed by atoms with Crippen LogP contribution in [0.5, 0.6) is 0 Å². The first-order chi connectivity index (χ1) is 9.26. The molecule has 0 amide bonds. The molecule has 0 aliphatic rings. The van der Waals surface area contributed by atoms with Crippen molar-refractivity contribution >= 4 is 35.6 Å². The topological polar surface area (TPSA) is 12.9 Å². The van der Waals surface area contributed by atoms with Gasteiger partial charge in [-0.3, -0.25) is 0 Å². The minimum atomic E-state index is -0.487. The molecule has 0 saturated carbocycles. The van der Waals surface area contributed by atoms with E-state index in [9.17, 15) is 0 Å². The third-order valence-electron chi connectivity index (χ3n) is 3.85. The van der Waals surface area contributed by atoms with Crippen molar-refractivity contribution in [2.75, 3.05) is 0 Å². The van der Waals surface area contributed by atoms with Crippen LogP contribution in [0.2, 0.25) is 3.43 Å². The van der Waals surface area contributed by atoms with E-state index >= 15 is 0 Å². The van der Waals surface area contributed by atoms with Crippen LogP contribution >= 0.6 is 11.5 Å². The Labute approximate surface area is 134 Å². The van der Waals surface area contributed by atoms with Crippen LogP contribution in [0, 0.1) is 0 Å². The second-order valence-electron chi connectivity index (χ2n) is 5.59. The molecule has 0 aliphatic heterocycles. The van der Waals surface area contributed by atoms with Crippen LogP contribution < -0.4 is 2.89 Å². The fourth-order valence-electron chi connectivity index (χ4n) is 2.65. The van der Waals surface area contributed by atoms with Crippen LogP contribution in [0.1, 0.15) is 78.6 Å². The van der Waals surface area contributed by atoms with E-state index in [1.54, 1.807) is 14.4 Å². The van der Waals surface area contributed by atoms with Crippen molar-refractivity contribution < 1.29 is 0 Å². The fraction of sp³-hybridized carbons (Fsp3) is 0.812. The molecule has 0 fully saturated rings. The van der Waals surface area contributed by atoms with Gasteiger partial charge in [0.1, 0.15) is 0 Å². The first kappa shape index (κ1) is 17.5. The Morgan fingerprint density at radius 3 is 1.89 bits per heavy atom. The molecule has 1 rings (SSSR count). The molecule has 0 N–H and O–H groups in total. The standard InChI is InChI=1S/C13H27.C3H2NS.Sn/c1-4-7-10-13(11-8-5-2)12-9-6-3;1-2-4-5-3-1;/h4-12H2,1-3H3;1-2H;. The van der Waals surface area contributed by atoms with Crippen LogP contribution in [0.25, 0.3) is 0 Å². The molecule has 0 spiro atoms. The average Bonchev–Trinajstić information content (AvgIpc) is 2.93. The Bertz CT molecular complexity index is 289. The summed E-state index contributed by atoms with van der Waals surface area (Å²) in [7, 11) is 0. The van der Waals surface area contributed by atoms with E-state index < -0.39 is 21.1 Å². The Morgan fingerprint density at radius 1 is 1.00 bits per heavy atom. The van der Waals surface area contributed by atoms with Gasteiger partial charge < -0.3 is 0 Å². The number of hydrogen-bond acceptors (Lipinski definition) is 2. The number of nitrogens with zero attached hydrogens (tertiary/aromatic N) is 1. The average molecular weight is 386 g/mol. The van der Waals surface area contributed by atoms with Crippen molar-refractivity contribution in [2.45, 2.75) is 82.0 Å². The molecule has 0 saturated heterocycles. The Kier molecular flexibility index (Phi) is 9.38. The second-order valence-corrected chi connectivity index (χ2v) is 12.7. The molecule has 0 aromatic carbocycles. The van der Waals surface area contributed by atoms with E-state index in [1.165, 1.54) is 57.8 Å². The van der Waals surface area contributed by atoms with E-state index in [0.717, 1.165) is 3.43 Å². The summed E-state index contributed by atoms with van der Waals surface area (Å²) in [6, 6.07) is 2.30. The normalized spacial score (nSPS) is 11.9. The van der Waals surface area contributed by atoms with E-state index in [4.69, 9.17) is 0 Å². The fourth-order valence-corrected chi connectivity index (χ4v) is 9.87. The molecule has 0 atom stereocenters. The molecule has 2 radical (unpaired) electrons. The first-order valence-corrected chi connectivity index (χ1v) is 11.6. The van der Waals surface area contributed by atoms with Gasteiger partial charge in [0.2, 0.25) is 0 Å². The van der Waals surface area contributed by atoms with Crippen LogP contribution in [-0.2, 0) is 0 Å². The monoisotopic (exact) mass is 387 g/mol. The van der Waals surface area contributed by atoms with Gasteiger partial charge in [0.15, 0.2) is 0 Å². The first-order valence-electron chi connectivity index (χ1n) is 7.95. The van der Waals surface area contributed by atoms with Crippen molar-refractivity contribution in [3.05, 3.63) is 12.3 Å². The van der Waals surface area contributed by atoms with Crippen LogP contribution in [-0.4, -0.2) is 25.5 Å². The van der Waals surface area contributed by atoms with Crippen molar-refractivity contribution in [1.82, 2.24) is 4.37 Å². The molecule has 1 aromatic rings. The van der Waals surface area contributed by atoms with Gasteiger partial charge in [0.25, 0.3) is 0 Å². The number of unbranched alkanes of at least 4 members (excludes halogenated alkanes) is 3. The molecule has 3 heteroatoms. The molecule has 1 nitrogen and oxygen atoms in total. The summed E-state index contributed by atoms with van der Waals surface area (Å²) in [6.45, 7) is 7.01. The predicted octanol–water partition coefficient (Wildman–Crippen LogP) is 5.20. The zero-order valence-electron chi connectivity index (χ0n) is 12.9. The van der Waals surface area contributed by atoms with Gasteiger partial charge in [0, 0.05) is 0 Å². The summed E-state index contributed by atoms with van der Waals surface area (Å²) in [5, 5.41) is 0. The number of hydrogen-bond donors (Lipinski definition) is 0. The maximum atomic E-state index is 4.33. The molecule has 1 heterocycles. The van der Waals surface area contributed by atoms with E-state index in [0.29, 0.717) is 0 Å². The molecule has 19 heavy (non-hydrogen) atoms. The van der Waals surface area contributed by atoms with Gasteiger partial charge in [-0.05, 0) is 0 Å². The maximum absolute atomic E-state index is 4.33. The molecule has 108 valence electrons. The van der Waals surface area contributed by atoms with E-state index in [-0.39, 0.29) is 0 Å². The molecule has 1 aromatic heterocycles. The third-order valence-corrected chi connectivity index (χ3v) is 10.7. The molecule has 0 unspecified atom stereocenters. The molecular formula is C16H29NSSn. The second kappa shape index (κ2) is 10.2. The summed E-state index contributed by atoms with van der Waals surface area (Å²) in [5.74, 6) is 0. The predicted molar refractivity (Wildman–Crippen MR) is 88.8 cm³/mol.